The van der Waals surface area contributed by atoms with Crippen molar-refractivity contribution in [2.45, 2.75) is 70.3 Å². The molecule has 1 aromatic rings. The van der Waals surface area contributed by atoms with E-state index in [2.05, 4.69) is 17.6 Å². The zero-order chi connectivity index (χ0) is 21.4. The number of hydrogen-bond acceptors (Lipinski definition) is 4. The standard InChI is InChI=1S/C23H33N3O4/c1-2-3-15-24-22(29)23(13-7-4-8-14-23)25-20(27)11-12-21(28)26-16-17-30-19-10-6-5-9-18(19)26/h5-6,9-10H,2-4,7-8,11-17H2,1H3,(H,24,29)(H,25,27). The summed E-state index contributed by atoms with van der Waals surface area (Å²) in [5.41, 5.74) is -0.0919. The fourth-order valence-electron chi connectivity index (χ4n) is 4.23. The molecule has 0 bridgehead atoms. The van der Waals surface area contributed by atoms with E-state index in [-0.39, 0.29) is 30.6 Å². The van der Waals surface area contributed by atoms with Crippen molar-refractivity contribution in [3.05, 3.63) is 24.3 Å². The smallest absolute Gasteiger partial charge is 0.245 e. The maximum atomic E-state index is 12.8. The second-order valence-electron chi connectivity index (χ2n) is 8.16. The quantitative estimate of drug-likeness (QED) is 0.639. The van der Waals surface area contributed by atoms with E-state index in [1.54, 1.807) is 4.90 Å². The predicted octanol–water partition coefficient (Wildman–Crippen LogP) is 2.93. The normalized spacial score (nSPS) is 17.4. The van der Waals surface area contributed by atoms with Crippen molar-refractivity contribution in [2.24, 2.45) is 0 Å². The van der Waals surface area contributed by atoms with Crippen molar-refractivity contribution in [2.75, 3.05) is 24.6 Å². The molecule has 1 saturated carbocycles. The first-order valence-corrected chi connectivity index (χ1v) is 11.2. The highest BCUT2D eigenvalue weighted by molar-refractivity contribution is 5.98. The van der Waals surface area contributed by atoms with E-state index in [1.165, 1.54) is 0 Å². The van der Waals surface area contributed by atoms with Crippen LogP contribution in [-0.4, -0.2) is 43.0 Å². The molecule has 2 N–H and O–H groups in total. The Labute approximate surface area is 178 Å². The molecule has 1 aromatic carbocycles. The van der Waals surface area contributed by atoms with Gasteiger partial charge in [-0.25, -0.2) is 0 Å². The molecule has 3 amide bonds. The van der Waals surface area contributed by atoms with Crippen LogP contribution in [0, 0.1) is 0 Å². The SMILES string of the molecule is CCCCNC(=O)C1(NC(=O)CCC(=O)N2CCOc3ccccc32)CCCCC1. The van der Waals surface area contributed by atoms with Gasteiger partial charge in [-0.15, -0.1) is 0 Å². The lowest BCUT2D eigenvalue weighted by Gasteiger charge is -2.36. The van der Waals surface area contributed by atoms with Crippen molar-refractivity contribution in [1.29, 1.82) is 0 Å². The molecule has 0 atom stereocenters. The van der Waals surface area contributed by atoms with Crippen LogP contribution >= 0.6 is 0 Å². The zero-order valence-corrected chi connectivity index (χ0v) is 17.9. The highest BCUT2D eigenvalue weighted by Gasteiger charge is 2.40. The Kier molecular flexibility index (Phi) is 7.71. The Balaban J connectivity index is 1.57. The number of unbranched alkanes of at least 4 members (excludes halogenated alkanes) is 1. The van der Waals surface area contributed by atoms with Gasteiger partial charge >= 0.3 is 0 Å². The molecule has 7 nitrogen and oxygen atoms in total. The average Bonchev–Trinajstić information content (AvgIpc) is 2.77. The molecule has 30 heavy (non-hydrogen) atoms. The van der Waals surface area contributed by atoms with Crippen LogP contribution in [0.3, 0.4) is 0 Å². The molecule has 1 aliphatic heterocycles. The van der Waals surface area contributed by atoms with E-state index < -0.39 is 5.54 Å². The molecule has 1 heterocycles. The molecule has 0 aromatic heterocycles. The molecule has 164 valence electrons. The number of para-hydroxylation sites is 2. The lowest BCUT2D eigenvalue weighted by atomic mass is 9.80. The molecular weight excluding hydrogens is 382 g/mol. The third kappa shape index (κ3) is 5.32. The molecule has 1 fully saturated rings. The lowest BCUT2D eigenvalue weighted by Crippen LogP contribution is -2.59. The molecule has 0 saturated heterocycles. The summed E-state index contributed by atoms with van der Waals surface area (Å²) in [6, 6.07) is 7.43. The van der Waals surface area contributed by atoms with E-state index in [1.807, 2.05) is 24.3 Å². The van der Waals surface area contributed by atoms with E-state index >= 15 is 0 Å². The van der Waals surface area contributed by atoms with Crippen LogP contribution < -0.4 is 20.3 Å². The maximum Gasteiger partial charge on any atom is 0.245 e. The third-order valence-electron chi connectivity index (χ3n) is 5.93. The molecular formula is C23H33N3O4. The van der Waals surface area contributed by atoms with Crippen LogP contribution in [0.4, 0.5) is 5.69 Å². The van der Waals surface area contributed by atoms with Crippen LogP contribution in [0.2, 0.25) is 0 Å². The molecule has 7 heteroatoms. The van der Waals surface area contributed by atoms with Gasteiger partial charge in [0.1, 0.15) is 17.9 Å². The molecule has 2 aliphatic rings. The summed E-state index contributed by atoms with van der Waals surface area (Å²) in [4.78, 5) is 40.0. The van der Waals surface area contributed by atoms with Crippen molar-refractivity contribution >= 4 is 23.4 Å². The number of fused-ring (bicyclic) bond motifs is 1. The molecule has 0 spiro atoms. The van der Waals surface area contributed by atoms with E-state index in [0.717, 1.165) is 37.8 Å². The van der Waals surface area contributed by atoms with Crippen molar-refractivity contribution < 1.29 is 19.1 Å². The van der Waals surface area contributed by atoms with Crippen molar-refractivity contribution in [1.82, 2.24) is 10.6 Å². The van der Waals surface area contributed by atoms with Crippen LogP contribution in [-0.2, 0) is 14.4 Å². The fourth-order valence-corrected chi connectivity index (χ4v) is 4.23. The Morgan fingerprint density at radius 1 is 1.10 bits per heavy atom. The minimum absolute atomic E-state index is 0.0718. The van der Waals surface area contributed by atoms with Gasteiger partial charge in [0.25, 0.3) is 0 Å². The van der Waals surface area contributed by atoms with Gasteiger partial charge in [-0.2, -0.15) is 0 Å². The highest BCUT2D eigenvalue weighted by atomic mass is 16.5. The summed E-state index contributed by atoms with van der Waals surface area (Å²) in [6.07, 6.45) is 6.33. The summed E-state index contributed by atoms with van der Waals surface area (Å²) < 4.78 is 5.59. The summed E-state index contributed by atoms with van der Waals surface area (Å²) in [5.74, 6) is 0.257. The first-order valence-electron chi connectivity index (χ1n) is 11.2. The Morgan fingerprint density at radius 2 is 1.87 bits per heavy atom. The summed E-state index contributed by atoms with van der Waals surface area (Å²) in [7, 11) is 0. The largest absolute Gasteiger partial charge is 0.490 e. The lowest BCUT2D eigenvalue weighted by molar-refractivity contribution is -0.135. The predicted molar refractivity (Wildman–Crippen MR) is 115 cm³/mol. The number of amides is 3. The fraction of sp³-hybridized carbons (Fsp3) is 0.609. The number of hydrogen-bond donors (Lipinski definition) is 2. The van der Waals surface area contributed by atoms with Gasteiger partial charge in [0.2, 0.25) is 17.7 Å². The number of rotatable bonds is 8. The highest BCUT2D eigenvalue weighted by Crippen LogP contribution is 2.32. The van der Waals surface area contributed by atoms with Crippen LogP contribution in [0.15, 0.2) is 24.3 Å². The number of ether oxygens (including phenoxy) is 1. The topological polar surface area (TPSA) is 87.7 Å². The summed E-state index contributed by atoms with van der Waals surface area (Å²) in [6.45, 7) is 3.62. The van der Waals surface area contributed by atoms with Crippen LogP contribution in [0.25, 0.3) is 0 Å². The second-order valence-corrected chi connectivity index (χ2v) is 8.16. The number of nitrogens with one attached hydrogen (secondary N) is 2. The first-order chi connectivity index (χ1) is 14.6. The maximum absolute atomic E-state index is 12.8. The number of carbonyl (C=O) groups excluding carboxylic acids is 3. The second kappa shape index (κ2) is 10.5. The number of nitrogens with zero attached hydrogens (tertiary/aromatic N) is 1. The van der Waals surface area contributed by atoms with E-state index in [9.17, 15) is 14.4 Å². The van der Waals surface area contributed by atoms with Gasteiger partial charge in [-0.3, -0.25) is 14.4 Å². The Hall–Kier alpha value is -2.57. The molecule has 3 rings (SSSR count). The minimum atomic E-state index is -0.836. The molecule has 1 aliphatic carbocycles. The summed E-state index contributed by atoms with van der Waals surface area (Å²) in [5, 5.41) is 5.97. The Bertz CT molecular complexity index is 759. The van der Waals surface area contributed by atoms with E-state index in [0.29, 0.717) is 38.3 Å². The zero-order valence-electron chi connectivity index (χ0n) is 17.9. The average molecular weight is 416 g/mol. The number of anilines is 1. The molecule has 0 radical (unpaired) electrons. The van der Waals surface area contributed by atoms with Gasteiger partial charge in [0.05, 0.1) is 12.2 Å². The van der Waals surface area contributed by atoms with Crippen LogP contribution in [0.1, 0.15) is 64.7 Å². The Morgan fingerprint density at radius 3 is 2.63 bits per heavy atom. The van der Waals surface area contributed by atoms with Gasteiger partial charge < -0.3 is 20.3 Å². The minimum Gasteiger partial charge on any atom is -0.490 e. The van der Waals surface area contributed by atoms with Gasteiger partial charge in [-0.05, 0) is 31.4 Å². The number of benzene rings is 1. The first kappa shape index (κ1) is 22.1. The monoisotopic (exact) mass is 415 g/mol. The van der Waals surface area contributed by atoms with E-state index in [4.69, 9.17) is 4.74 Å². The van der Waals surface area contributed by atoms with Crippen molar-refractivity contribution in [3.8, 4) is 5.75 Å². The van der Waals surface area contributed by atoms with Gasteiger partial charge in [0.15, 0.2) is 0 Å². The third-order valence-corrected chi connectivity index (χ3v) is 5.93. The van der Waals surface area contributed by atoms with Gasteiger partial charge in [-0.1, -0.05) is 44.7 Å². The molecule has 0 unspecified atom stereocenters. The van der Waals surface area contributed by atoms with Crippen molar-refractivity contribution in [3.63, 3.8) is 0 Å². The van der Waals surface area contributed by atoms with Crippen LogP contribution in [0.5, 0.6) is 5.75 Å². The number of carbonyl (C=O) groups is 3. The van der Waals surface area contributed by atoms with Gasteiger partial charge in [0, 0.05) is 19.4 Å². The summed E-state index contributed by atoms with van der Waals surface area (Å²) >= 11 is 0.